The van der Waals surface area contributed by atoms with Crippen molar-refractivity contribution < 1.29 is 19.7 Å². The Morgan fingerprint density at radius 3 is 2.93 bits per heavy atom. The largest absolute Gasteiger partial charge is 0.478 e. The molecule has 0 aliphatic carbocycles. The van der Waals surface area contributed by atoms with Crippen molar-refractivity contribution in [3.8, 4) is 5.88 Å². The van der Waals surface area contributed by atoms with Gasteiger partial charge in [-0.1, -0.05) is 0 Å². The Labute approximate surface area is 79.9 Å². The molecule has 76 valence electrons. The van der Waals surface area contributed by atoms with E-state index in [2.05, 4.69) is 4.98 Å². The van der Waals surface area contributed by atoms with Gasteiger partial charge in [-0.15, -0.1) is 0 Å². The Morgan fingerprint density at radius 2 is 2.36 bits per heavy atom. The van der Waals surface area contributed by atoms with Crippen molar-refractivity contribution in [2.24, 2.45) is 0 Å². The first-order chi connectivity index (χ1) is 6.66. The van der Waals surface area contributed by atoms with Gasteiger partial charge in [0, 0.05) is 6.20 Å². The topological polar surface area (TPSA) is 106 Å². The second-order valence-electron chi connectivity index (χ2n) is 2.45. The van der Waals surface area contributed by atoms with E-state index in [9.17, 15) is 4.79 Å². The summed E-state index contributed by atoms with van der Waals surface area (Å²) in [6.45, 7) is -0.154. The van der Waals surface area contributed by atoms with Crippen molar-refractivity contribution in [2.75, 3.05) is 18.9 Å². The number of hydrogen-bond acceptors (Lipinski definition) is 5. The van der Waals surface area contributed by atoms with E-state index in [1.807, 2.05) is 0 Å². The number of pyridine rings is 1. The van der Waals surface area contributed by atoms with Gasteiger partial charge >= 0.3 is 5.97 Å². The van der Waals surface area contributed by atoms with Gasteiger partial charge in [0.25, 0.3) is 0 Å². The fourth-order valence-corrected chi connectivity index (χ4v) is 0.898. The molecule has 0 atom stereocenters. The molecular weight excluding hydrogens is 188 g/mol. The van der Waals surface area contributed by atoms with Crippen molar-refractivity contribution in [2.45, 2.75) is 0 Å². The molecule has 1 aromatic heterocycles. The number of aromatic carboxylic acids is 1. The first-order valence-electron chi connectivity index (χ1n) is 3.88. The van der Waals surface area contributed by atoms with Crippen LogP contribution in [0.1, 0.15) is 10.4 Å². The molecule has 1 rings (SSSR count). The fourth-order valence-electron chi connectivity index (χ4n) is 0.898. The van der Waals surface area contributed by atoms with Gasteiger partial charge in [0.15, 0.2) is 0 Å². The van der Waals surface area contributed by atoms with Crippen LogP contribution in [0.5, 0.6) is 5.88 Å². The normalized spacial score (nSPS) is 9.79. The van der Waals surface area contributed by atoms with Crippen LogP contribution in [0.3, 0.4) is 0 Å². The molecule has 6 nitrogen and oxygen atoms in total. The van der Waals surface area contributed by atoms with Crippen LogP contribution in [0, 0.1) is 0 Å². The molecule has 0 fully saturated rings. The standard InChI is InChI=1S/C8H10N2O4/c9-6-5(8(12)13)1-2-10-7(6)14-4-3-11/h1-2,11H,3-4,9H2,(H,12,13). The van der Waals surface area contributed by atoms with Gasteiger partial charge in [-0.25, -0.2) is 9.78 Å². The highest BCUT2D eigenvalue weighted by atomic mass is 16.5. The van der Waals surface area contributed by atoms with Crippen molar-refractivity contribution in [3.63, 3.8) is 0 Å². The molecule has 1 heterocycles. The number of rotatable bonds is 4. The SMILES string of the molecule is Nc1c(C(=O)O)ccnc1OCCO. The number of hydrogen-bond donors (Lipinski definition) is 3. The number of carbonyl (C=O) groups is 1. The van der Waals surface area contributed by atoms with E-state index in [1.165, 1.54) is 12.3 Å². The van der Waals surface area contributed by atoms with Gasteiger partial charge in [-0.05, 0) is 6.07 Å². The highest BCUT2D eigenvalue weighted by molar-refractivity contribution is 5.94. The fraction of sp³-hybridized carbons (Fsp3) is 0.250. The monoisotopic (exact) mass is 198 g/mol. The number of aliphatic hydroxyl groups is 1. The second kappa shape index (κ2) is 4.43. The number of nitrogens with zero attached hydrogens (tertiary/aromatic N) is 1. The second-order valence-corrected chi connectivity index (χ2v) is 2.45. The number of ether oxygens (including phenoxy) is 1. The highest BCUT2D eigenvalue weighted by Gasteiger charge is 2.12. The Balaban J connectivity index is 2.95. The van der Waals surface area contributed by atoms with E-state index in [1.54, 1.807) is 0 Å². The molecule has 0 saturated heterocycles. The van der Waals surface area contributed by atoms with Crippen LogP contribution < -0.4 is 10.5 Å². The summed E-state index contributed by atoms with van der Waals surface area (Å²) in [4.78, 5) is 14.4. The van der Waals surface area contributed by atoms with Gasteiger partial charge in [0.1, 0.15) is 12.3 Å². The van der Waals surface area contributed by atoms with Gasteiger partial charge in [-0.2, -0.15) is 0 Å². The lowest BCUT2D eigenvalue weighted by molar-refractivity contribution is 0.0697. The molecule has 14 heavy (non-hydrogen) atoms. The number of anilines is 1. The average molecular weight is 198 g/mol. The summed E-state index contributed by atoms with van der Waals surface area (Å²) in [6, 6.07) is 1.28. The summed E-state index contributed by atoms with van der Waals surface area (Å²) < 4.78 is 4.93. The lowest BCUT2D eigenvalue weighted by atomic mass is 10.2. The summed E-state index contributed by atoms with van der Waals surface area (Å²) >= 11 is 0. The van der Waals surface area contributed by atoms with E-state index in [0.717, 1.165) is 0 Å². The Kier molecular flexibility index (Phi) is 3.24. The predicted octanol–water partition coefficient (Wildman–Crippen LogP) is -0.267. The smallest absolute Gasteiger partial charge is 0.338 e. The third kappa shape index (κ3) is 2.11. The molecular formula is C8H10N2O4. The molecule has 0 radical (unpaired) electrons. The minimum atomic E-state index is -1.14. The van der Waals surface area contributed by atoms with Crippen LogP contribution >= 0.6 is 0 Å². The van der Waals surface area contributed by atoms with E-state index in [4.69, 9.17) is 20.7 Å². The highest BCUT2D eigenvalue weighted by Crippen LogP contribution is 2.21. The molecule has 0 spiro atoms. The van der Waals surface area contributed by atoms with Crippen LogP contribution in [0.4, 0.5) is 5.69 Å². The maximum absolute atomic E-state index is 10.6. The van der Waals surface area contributed by atoms with Crippen LogP contribution in [-0.4, -0.2) is 34.4 Å². The molecule has 0 aliphatic heterocycles. The molecule has 6 heteroatoms. The summed E-state index contributed by atoms with van der Waals surface area (Å²) in [5.41, 5.74) is 5.38. The lowest BCUT2D eigenvalue weighted by Crippen LogP contribution is -2.09. The zero-order valence-electron chi connectivity index (χ0n) is 7.30. The van der Waals surface area contributed by atoms with Crippen molar-refractivity contribution in [1.82, 2.24) is 4.98 Å². The van der Waals surface area contributed by atoms with Crippen molar-refractivity contribution in [3.05, 3.63) is 17.8 Å². The Morgan fingerprint density at radius 1 is 1.64 bits per heavy atom. The molecule has 0 aromatic carbocycles. The van der Waals surface area contributed by atoms with E-state index in [-0.39, 0.29) is 30.3 Å². The molecule has 0 unspecified atom stereocenters. The molecule has 0 amide bonds. The first-order valence-corrected chi connectivity index (χ1v) is 3.88. The van der Waals surface area contributed by atoms with Gasteiger partial charge in [0.2, 0.25) is 5.88 Å². The Bertz CT molecular complexity index is 340. The quantitative estimate of drug-likeness (QED) is 0.615. The van der Waals surface area contributed by atoms with E-state index >= 15 is 0 Å². The minimum Gasteiger partial charge on any atom is -0.478 e. The molecule has 4 N–H and O–H groups in total. The van der Waals surface area contributed by atoms with Crippen LogP contribution in [0.25, 0.3) is 0 Å². The number of carboxylic acid groups (broad SMARTS) is 1. The number of nitrogens with two attached hydrogens (primary N) is 1. The van der Waals surface area contributed by atoms with Crippen molar-refractivity contribution >= 4 is 11.7 Å². The number of aliphatic hydroxyl groups excluding tert-OH is 1. The van der Waals surface area contributed by atoms with E-state index in [0.29, 0.717) is 0 Å². The number of carboxylic acids is 1. The molecule has 1 aromatic rings. The zero-order valence-corrected chi connectivity index (χ0v) is 7.30. The van der Waals surface area contributed by atoms with Crippen LogP contribution in [0.15, 0.2) is 12.3 Å². The summed E-state index contributed by atoms with van der Waals surface area (Å²) in [5.74, 6) is -1.11. The first kappa shape index (κ1) is 10.3. The minimum absolute atomic E-state index is 0.0268. The van der Waals surface area contributed by atoms with Crippen molar-refractivity contribution in [1.29, 1.82) is 0 Å². The summed E-state index contributed by atoms with van der Waals surface area (Å²) in [6.07, 6.45) is 1.28. The predicted molar refractivity (Wildman–Crippen MR) is 48.2 cm³/mol. The zero-order chi connectivity index (χ0) is 10.6. The molecule has 0 saturated carbocycles. The maximum Gasteiger partial charge on any atom is 0.338 e. The molecule has 0 aliphatic rings. The Hall–Kier alpha value is -1.82. The summed E-state index contributed by atoms with van der Waals surface area (Å²) in [7, 11) is 0. The number of nitrogen functional groups attached to an aromatic ring is 1. The van der Waals surface area contributed by atoms with Crippen LogP contribution in [-0.2, 0) is 0 Å². The molecule has 0 bridgehead atoms. The third-order valence-electron chi connectivity index (χ3n) is 1.51. The average Bonchev–Trinajstić information content (AvgIpc) is 2.16. The van der Waals surface area contributed by atoms with Gasteiger partial charge in [-0.3, -0.25) is 0 Å². The van der Waals surface area contributed by atoms with Gasteiger partial charge < -0.3 is 20.7 Å². The summed E-state index contributed by atoms with van der Waals surface area (Å²) in [5, 5.41) is 17.2. The third-order valence-corrected chi connectivity index (χ3v) is 1.51. The van der Waals surface area contributed by atoms with E-state index < -0.39 is 5.97 Å². The number of aromatic nitrogens is 1. The lowest BCUT2D eigenvalue weighted by Gasteiger charge is -2.07. The van der Waals surface area contributed by atoms with Crippen LogP contribution in [0.2, 0.25) is 0 Å². The van der Waals surface area contributed by atoms with Gasteiger partial charge in [0.05, 0.1) is 12.2 Å². The maximum atomic E-state index is 10.6.